The van der Waals surface area contributed by atoms with Crippen molar-refractivity contribution in [2.24, 2.45) is 0 Å². The molecule has 0 radical (unpaired) electrons. The standard InChI is InChI=1S/C12H11FN2O5S/c1-6-11(7(2)20-14-6)21(18,19)15-10-4-3-8(13)5-9(10)12(16)17/h3-5,15H,1-2H3,(H,16,17). The van der Waals surface area contributed by atoms with Crippen molar-refractivity contribution in [1.82, 2.24) is 5.16 Å². The Labute approximate surface area is 119 Å². The quantitative estimate of drug-likeness (QED) is 0.892. The molecule has 2 aromatic rings. The first-order chi connectivity index (χ1) is 9.72. The van der Waals surface area contributed by atoms with E-state index in [0.717, 1.165) is 18.2 Å². The topological polar surface area (TPSA) is 110 Å². The largest absolute Gasteiger partial charge is 0.478 e. The van der Waals surface area contributed by atoms with Gasteiger partial charge in [-0.25, -0.2) is 17.6 Å². The van der Waals surface area contributed by atoms with Gasteiger partial charge in [0.1, 0.15) is 11.5 Å². The highest BCUT2D eigenvalue weighted by Crippen LogP contribution is 2.24. The molecule has 21 heavy (non-hydrogen) atoms. The van der Waals surface area contributed by atoms with Crippen LogP contribution < -0.4 is 4.72 Å². The minimum Gasteiger partial charge on any atom is -0.478 e. The van der Waals surface area contributed by atoms with E-state index in [2.05, 4.69) is 9.88 Å². The number of sulfonamides is 1. The zero-order chi connectivity index (χ0) is 15.8. The number of carbonyl (C=O) groups is 1. The molecule has 1 aromatic carbocycles. The Hall–Kier alpha value is -2.42. The molecule has 7 nitrogen and oxygen atoms in total. The van der Waals surface area contributed by atoms with Gasteiger partial charge in [0, 0.05) is 0 Å². The molecule has 9 heteroatoms. The number of halogens is 1. The van der Waals surface area contributed by atoms with Crippen LogP contribution in [0.1, 0.15) is 21.8 Å². The maximum absolute atomic E-state index is 13.1. The minimum atomic E-state index is -4.09. The number of aromatic nitrogens is 1. The third-order valence-corrected chi connectivity index (χ3v) is 4.30. The molecule has 0 aliphatic carbocycles. The van der Waals surface area contributed by atoms with Gasteiger partial charge in [-0.2, -0.15) is 0 Å². The van der Waals surface area contributed by atoms with Gasteiger partial charge in [-0.1, -0.05) is 5.16 Å². The minimum absolute atomic E-state index is 0.0685. The third-order valence-electron chi connectivity index (χ3n) is 2.69. The van der Waals surface area contributed by atoms with E-state index in [1.165, 1.54) is 13.8 Å². The number of rotatable bonds is 4. The molecule has 0 atom stereocenters. The van der Waals surface area contributed by atoms with Crippen LogP contribution in [0.2, 0.25) is 0 Å². The number of nitrogens with one attached hydrogen (secondary N) is 1. The predicted octanol–water partition coefficient (Wildman–Crippen LogP) is 1.93. The van der Waals surface area contributed by atoms with E-state index in [1.54, 1.807) is 0 Å². The predicted molar refractivity (Wildman–Crippen MR) is 70.1 cm³/mol. The number of nitrogens with zero attached hydrogens (tertiary/aromatic N) is 1. The second-order valence-corrected chi connectivity index (χ2v) is 5.87. The summed E-state index contributed by atoms with van der Waals surface area (Å²) in [5.41, 5.74) is -0.603. The molecule has 0 aliphatic heterocycles. The molecule has 2 rings (SSSR count). The van der Waals surface area contributed by atoms with Gasteiger partial charge in [-0.15, -0.1) is 0 Å². The van der Waals surface area contributed by atoms with Gasteiger partial charge < -0.3 is 9.63 Å². The molecule has 0 unspecified atom stereocenters. The summed E-state index contributed by atoms with van der Waals surface area (Å²) in [4.78, 5) is 10.9. The van der Waals surface area contributed by atoms with Crippen LogP contribution in [0.15, 0.2) is 27.6 Å². The van der Waals surface area contributed by atoms with E-state index in [4.69, 9.17) is 9.63 Å². The Kier molecular flexibility index (Phi) is 3.69. The van der Waals surface area contributed by atoms with Crippen LogP contribution in [-0.2, 0) is 10.0 Å². The fourth-order valence-corrected chi connectivity index (χ4v) is 3.25. The van der Waals surface area contributed by atoms with Crippen molar-refractivity contribution < 1.29 is 27.2 Å². The summed E-state index contributed by atoms with van der Waals surface area (Å²) in [5.74, 6) is -2.17. The summed E-state index contributed by atoms with van der Waals surface area (Å²) in [6, 6.07) is 2.72. The van der Waals surface area contributed by atoms with E-state index >= 15 is 0 Å². The Morgan fingerprint density at radius 1 is 1.38 bits per heavy atom. The smallest absolute Gasteiger partial charge is 0.337 e. The van der Waals surface area contributed by atoms with Crippen LogP contribution in [0.5, 0.6) is 0 Å². The molecular weight excluding hydrogens is 303 g/mol. The highest BCUT2D eigenvalue weighted by atomic mass is 32.2. The van der Waals surface area contributed by atoms with Gasteiger partial charge in [-0.3, -0.25) is 4.72 Å². The first kappa shape index (κ1) is 15.0. The lowest BCUT2D eigenvalue weighted by Gasteiger charge is -2.10. The number of carboxylic acids is 1. The van der Waals surface area contributed by atoms with E-state index in [-0.39, 0.29) is 22.0 Å². The number of aromatic carboxylic acids is 1. The van der Waals surface area contributed by atoms with Crippen LogP contribution in [0.3, 0.4) is 0 Å². The number of aryl methyl sites for hydroxylation is 2. The number of benzene rings is 1. The Balaban J connectivity index is 2.50. The molecule has 112 valence electrons. The highest BCUT2D eigenvalue weighted by Gasteiger charge is 2.26. The molecule has 0 aliphatic rings. The zero-order valence-electron chi connectivity index (χ0n) is 11.0. The molecule has 0 saturated carbocycles. The number of hydrogen-bond acceptors (Lipinski definition) is 5. The number of carboxylic acid groups (broad SMARTS) is 1. The molecular formula is C12H11FN2O5S. The molecule has 0 bridgehead atoms. The number of hydrogen-bond donors (Lipinski definition) is 2. The van der Waals surface area contributed by atoms with Gasteiger partial charge in [0.15, 0.2) is 10.7 Å². The van der Waals surface area contributed by atoms with E-state index in [9.17, 15) is 17.6 Å². The van der Waals surface area contributed by atoms with Crippen molar-refractivity contribution in [2.75, 3.05) is 4.72 Å². The molecule has 0 amide bonds. The van der Waals surface area contributed by atoms with Crippen LogP contribution in [0.25, 0.3) is 0 Å². The average molecular weight is 314 g/mol. The molecule has 0 saturated heterocycles. The van der Waals surface area contributed by atoms with Crippen LogP contribution in [0.4, 0.5) is 10.1 Å². The van der Waals surface area contributed by atoms with Gasteiger partial charge in [0.05, 0.1) is 11.3 Å². The SMILES string of the molecule is Cc1noc(C)c1S(=O)(=O)Nc1ccc(F)cc1C(=O)O. The maximum Gasteiger partial charge on any atom is 0.337 e. The fourth-order valence-electron chi connectivity index (χ4n) is 1.84. The van der Waals surface area contributed by atoms with Crippen LogP contribution in [-0.4, -0.2) is 24.7 Å². The molecule has 0 fully saturated rings. The van der Waals surface area contributed by atoms with Crippen molar-refractivity contribution in [3.63, 3.8) is 0 Å². The first-order valence-electron chi connectivity index (χ1n) is 5.71. The lowest BCUT2D eigenvalue weighted by Crippen LogP contribution is -2.17. The summed E-state index contributed by atoms with van der Waals surface area (Å²) >= 11 is 0. The molecule has 0 spiro atoms. The van der Waals surface area contributed by atoms with Crippen molar-refractivity contribution in [3.8, 4) is 0 Å². The van der Waals surface area contributed by atoms with E-state index in [0.29, 0.717) is 0 Å². The summed E-state index contributed by atoms with van der Waals surface area (Å²) < 4.78 is 44.5. The second kappa shape index (κ2) is 5.17. The lowest BCUT2D eigenvalue weighted by molar-refractivity contribution is 0.0697. The second-order valence-electron chi connectivity index (χ2n) is 4.25. The van der Waals surface area contributed by atoms with Crippen molar-refractivity contribution in [1.29, 1.82) is 0 Å². The molecule has 1 aromatic heterocycles. The van der Waals surface area contributed by atoms with Crippen molar-refractivity contribution >= 4 is 21.7 Å². The maximum atomic E-state index is 13.1. The van der Waals surface area contributed by atoms with E-state index in [1.807, 2.05) is 0 Å². The van der Waals surface area contributed by atoms with Crippen LogP contribution in [0, 0.1) is 19.7 Å². The molecule has 2 N–H and O–H groups in total. The Morgan fingerprint density at radius 3 is 2.57 bits per heavy atom. The Morgan fingerprint density at radius 2 is 2.05 bits per heavy atom. The van der Waals surface area contributed by atoms with Gasteiger partial charge in [0.25, 0.3) is 10.0 Å². The fraction of sp³-hybridized carbons (Fsp3) is 0.167. The highest BCUT2D eigenvalue weighted by molar-refractivity contribution is 7.92. The average Bonchev–Trinajstić information content (AvgIpc) is 2.71. The van der Waals surface area contributed by atoms with Crippen molar-refractivity contribution in [2.45, 2.75) is 18.7 Å². The monoisotopic (exact) mass is 314 g/mol. The summed E-state index contributed by atoms with van der Waals surface area (Å²) in [6.07, 6.45) is 0. The summed E-state index contributed by atoms with van der Waals surface area (Å²) in [6.45, 7) is 2.85. The normalized spacial score (nSPS) is 11.4. The van der Waals surface area contributed by atoms with Gasteiger partial charge in [-0.05, 0) is 32.0 Å². The van der Waals surface area contributed by atoms with Crippen molar-refractivity contribution in [3.05, 3.63) is 41.0 Å². The molecule has 1 heterocycles. The summed E-state index contributed by atoms with van der Waals surface area (Å²) in [7, 11) is -4.09. The van der Waals surface area contributed by atoms with E-state index < -0.39 is 27.4 Å². The lowest BCUT2D eigenvalue weighted by atomic mass is 10.2. The zero-order valence-corrected chi connectivity index (χ0v) is 11.9. The third kappa shape index (κ3) is 2.87. The number of anilines is 1. The van der Waals surface area contributed by atoms with Crippen LogP contribution >= 0.6 is 0 Å². The van der Waals surface area contributed by atoms with Gasteiger partial charge in [0.2, 0.25) is 0 Å². The Bertz CT molecular complexity index is 794. The first-order valence-corrected chi connectivity index (χ1v) is 7.19. The summed E-state index contributed by atoms with van der Waals surface area (Å²) in [5, 5.41) is 12.5. The van der Waals surface area contributed by atoms with Gasteiger partial charge >= 0.3 is 5.97 Å².